The fourth-order valence-electron chi connectivity index (χ4n) is 1.45. The van der Waals surface area contributed by atoms with Crippen molar-refractivity contribution in [2.75, 3.05) is 19.5 Å². The Balaban J connectivity index is 2.96. The Kier molecular flexibility index (Phi) is 5.25. The number of amides is 1. The Morgan fingerprint density at radius 3 is 2.50 bits per heavy atom. The van der Waals surface area contributed by atoms with E-state index in [9.17, 15) is 4.79 Å². The first-order chi connectivity index (χ1) is 8.47. The second kappa shape index (κ2) is 6.47. The summed E-state index contributed by atoms with van der Waals surface area (Å²) >= 11 is 5.96. The minimum Gasteiger partial charge on any atom is -0.495 e. The number of halogens is 1. The topological polar surface area (TPSA) is 73.6 Å². The quantitative estimate of drug-likeness (QED) is 0.860. The van der Waals surface area contributed by atoms with E-state index in [2.05, 4.69) is 5.32 Å². The fourth-order valence-corrected chi connectivity index (χ4v) is 1.68. The van der Waals surface area contributed by atoms with Crippen LogP contribution in [-0.4, -0.2) is 26.2 Å². The Bertz CT molecular complexity index is 436. The highest BCUT2D eigenvalue weighted by Crippen LogP contribution is 2.35. The number of carbonyl (C=O) groups excluding carboxylic acids is 1. The van der Waals surface area contributed by atoms with Gasteiger partial charge in [-0.05, 0) is 6.92 Å². The number of nitrogens with one attached hydrogen (secondary N) is 1. The molecule has 0 fully saturated rings. The van der Waals surface area contributed by atoms with Crippen molar-refractivity contribution in [3.8, 4) is 11.5 Å². The summed E-state index contributed by atoms with van der Waals surface area (Å²) in [6.45, 7) is 1.76. The summed E-state index contributed by atoms with van der Waals surface area (Å²) < 4.78 is 10.2. The van der Waals surface area contributed by atoms with E-state index < -0.39 is 0 Å². The molecule has 5 nitrogen and oxygen atoms in total. The zero-order chi connectivity index (χ0) is 13.7. The highest BCUT2D eigenvalue weighted by atomic mass is 35.5. The minimum absolute atomic E-state index is 0.187. The molecular weight excluding hydrogens is 256 g/mol. The number of methoxy groups -OCH3 is 2. The second-order valence-corrected chi connectivity index (χ2v) is 4.32. The average Bonchev–Trinajstić information content (AvgIpc) is 2.29. The van der Waals surface area contributed by atoms with Gasteiger partial charge in [0.15, 0.2) is 0 Å². The van der Waals surface area contributed by atoms with E-state index in [1.807, 2.05) is 0 Å². The molecule has 0 saturated carbocycles. The maximum atomic E-state index is 11.7. The molecule has 18 heavy (non-hydrogen) atoms. The lowest BCUT2D eigenvalue weighted by atomic mass is 10.2. The number of benzene rings is 1. The van der Waals surface area contributed by atoms with E-state index in [0.29, 0.717) is 22.2 Å². The minimum atomic E-state index is -0.204. The van der Waals surface area contributed by atoms with Crippen LogP contribution in [0.5, 0.6) is 11.5 Å². The first-order valence-electron chi connectivity index (χ1n) is 5.45. The van der Waals surface area contributed by atoms with Crippen LogP contribution in [0.3, 0.4) is 0 Å². The Labute approximate surface area is 111 Å². The number of carbonyl (C=O) groups is 1. The smallest absolute Gasteiger partial charge is 0.226 e. The molecule has 0 saturated heterocycles. The molecule has 0 heterocycles. The van der Waals surface area contributed by atoms with E-state index in [0.717, 1.165) is 0 Å². The highest BCUT2D eigenvalue weighted by molar-refractivity contribution is 6.32. The fraction of sp³-hybridized carbons (Fsp3) is 0.417. The highest BCUT2D eigenvalue weighted by Gasteiger charge is 2.13. The molecule has 3 N–H and O–H groups in total. The third-order valence-corrected chi connectivity index (χ3v) is 2.55. The van der Waals surface area contributed by atoms with Crippen LogP contribution in [-0.2, 0) is 4.79 Å². The van der Waals surface area contributed by atoms with Crippen molar-refractivity contribution in [2.45, 2.75) is 19.4 Å². The number of nitrogens with two attached hydrogens (primary N) is 1. The van der Waals surface area contributed by atoms with Gasteiger partial charge in [-0.1, -0.05) is 11.6 Å². The van der Waals surface area contributed by atoms with E-state index in [4.69, 9.17) is 26.8 Å². The van der Waals surface area contributed by atoms with E-state index in [1.54, 1.807) is 19.1 Å². The summed E-state index contributed by atoms with van der Waals surface area (Å²) in [6, 6.07) is 2.99. The molecule has 1 rings (SSSR count). The van der Waals surface area contributed by atoms with Gasteiger partial charge in [0, 0.05) is 24.6 Å². The van der Waals surface area contributed by atoms with Crippen molar-refractivity contribution < 1.29 is 14.3 Å². The van der Waals surface area contributed by atoms with Gasteiger partial charge >= 0.3 is 0 Å². The largest absolute Gasteiger partial charge is 0.495 e. The van der Waals surface area contributed by atoms with Crippen LogP contribution >= 0.6 is 11.6 Å². The lowest BCUT2D eigenvalue weighted by Crippen LogP contribution is -2.24. The van der Waals surface area contributed by atoms with Crippen LogP contribution in [0.4, 0.5) is 5.69 Å². The molecule has 0 aliphatic rings. The molecule has 1 amide bonds. The molecule has 0 aromatic heterocycles. The summed E-state index contributed by atoms with van der Waals surface area (Å²) in [5, 5.41) is 3.13. The van der Waals surface area contributed by atoms with Gasteiger partial charge in [0.1, 0.15) is 11.5 Å². The van der Waals surface area contributed by atoms with Crippen molar-refractivity contribution in [3.63, 3.8) is 0 Å². The molecule has 0 spiro atoms. The maximum absolute atomic E-state index is 11.7. The van der Waals surface area contributed by atoms with Gasteiger partial charge in [-0.2, -0.15) is 0 Å². The van der Waals surface area contributed by atoms with Crippen LogP contribution in [0.25, 0.3) is 0 Å². The monoisotopic (exact) mass is 272 g/mol. The van der Waals surface area contributed by atoms with Gasteiger partial charge in [0.25, 0.3) is 0 Å². The molecule has 1 unspecified atom stereocenters. The molecule has 0 aliphatic heterocycles. The predicted octanol–water partition coefficient (Wildman–Crippen LogP) is 2.03. The van der Waals surface area contributed by atoms with Crippen LogP contribution < -0.4 is 20.5 Å². The third kappa shape index (κ3) is 3.78. The average molecular weight is 273 g/mol. The first kappa shape index (κ1) is 14.6. The number of ether oxygens (including phenoxy) is 2. The van der Waals surface area contributed by atoms with Crippen molar-refractivity contribution in [2.24, 2.45) is 5.73 Å². The van der Waals surface area contributed by atoms with Crippen molar-refractivity contribution in [1.29, 1.82) is 0 Å². The second-order valence-electron chi connectivity index (χ2n) is 3.92. The van der Waals surface area contributed by atoms with Gasteiger partial charge in [-0.25, -0.2) is 0 Å². The van der Waals surface area contributed by atoms with Gasteiger partial charge in [0.05, 0.1) is 24.9 Å². The molecule has 6 heteroatoms. The lowest BCUT2D eigenvalue weighted by molar-refractivity contribution is -0.116. The van der Waals surface area contributed by atoms with E-state index in [1.165, 1.54) is 14.2 Å². The van der Waals surface area contributed by atoms with Gasteiger partial charge in [0.2, 0.25) is 5.91 Å². The van der Waals surface area contributed by atoms with Crippen LogP contribution in [0.15, 0.2) is 12.1 Å². The molecule has 100 valence electrons. The van der Waals surface area contributed by atoms with Crippen molar-refractivity contribution >= 4 is 23.2 Å². The SMILES string of the molecule is COc1cc(NC(=O)CC(C)N)c(OC)cc1Cl. The van der Waals surface area contributed by atoms with Gasteiger partial charge in [-0.3, -0.25) is 4.79 Å². The summed E-state index contributed by atoms with van der Waals surface area (Å²) in [4.78, 5) is 11.7. The lowest BCUT2D eigenvalue weighted by Gasteiger charge is -2.13. The van der Waals surface area contributed by atoms with Crippen molar-refractivity contribution in [3.05, 3.63) is 17.2 Å². The van der Waals surface area contributed by atoms with Crippen LogP contribution in [0.2, 0.25) is 5.02 Å². The molecule has 0 radical (unpaired) electrons. The van der Waals surface area contributed by atoms with E-state index >= 15 is 0 Å². The van der Waals surface area contributed by atoms with Crippen LogP contribution in [0.1, 0.15) is 13.3 Å². The summed E-state index contributed by atoms with van der Waals surface area (Å²) in [5.74, 6) is 0.750. The predicted molar refractivity (Wildman–Crippen MR) is 71.5 cm³/mol. The molecule has 0 aliphatic carbocycles. The van der Waals surface area contributed by atoms with Crippen LogP contribution in [0, 0.1) is 0 Å². The molecule has 1 aromatic carbocycles. The Morgan fingerprint density at radius 1 is 1.39 bits per heavy atom. The Morgan fingerprint density at radius 2 is 2.00 bits per heavy atom. The molecular formula is C12H17ClN2O3. The molecule has 0 bridgehead atoms. The Hall–Kier alpha value is -1.46. The number of rotatable bonds is 5. The normalized spacial score (nSPS) is 11.8. The summed E-state index contributed by atoms with van der Waals surface area (Å²) in [6.07, 6.45) is 0.230. The number of anilines is 1. The first-order valence-corrected chi connectivity index (χ1v) is 5.82. The van der Waals surface area contributed by atoms with Gasteiger partial charge < -0.3 is 20.5 Å². The molecule has 1 aromatic rings. The van der Waals surface area contributed by atoms with Crippen molar-refractivity contribution in [1.82, 2.24) is 0 Å². The zero-order valence-corrected chi connectivity index (χ0v) is 11.4. The number of hydrogen-bond acceptors (Lipinski definition) is 4. The standard InChI is InChI=1S/C12H17ClN2O3/c1-7(14)4-12(16)15-9-6-10(17-2)8(13)5-11(9)18-3/h5-7H,4,14H2,1-3H3,(H,15,16). The van der Waals surface area contributed by atoms with E-state index in [-0.39, 0.29) is 18.4 Å². The number of hydrogen-bond donors (Lipinski definition) is 2. The summed E-state index contributed by atoms with van der Waals surface area (Å²) in [7, 11) is 3.00. The third-order valence-electron chi connectivity index (χ3n) is 2.26. The van der Waals surface area contributed by atoms with Gasteiger partial charge in [-0.15, -0.1) is 0 Å². The zero-order valence-electron chi connectivity index (χ0n) is 10.6. The maximum Gasteiger partial charge on any atom is 0.226 e. The molecule has 1 atom stereocenters. The summed E-state index contributed by atoms with van der Waals surface area (Å²) in [5.41, 5.74) is 6.06.